The highest BCUT2D eigenvalue weighted by molar-refractivity contribution is 5.25. The molecule has 0 aliphatic rings. The number of nitrogens with one attached hydrogen (secondary N) is 1. The fraction of sp³-hybridized carbons (Fsp3) is 0.625. The van der Waals surface area contributed by atoms with Crippen LogP contribution in [0.4, 0.5) is 0 Å². The molecule has 0 saturated carbocycles. The number of terminal acetylenes is 1. The van der Waals surface area contributed by atoms with Crippen molar-refractivity contribution in [2.24, 2.45) is 0 Å². The van der Waals surface area contributed by atoms with Crippen LogP contribution in [0, 0.1) is 12.3 Å². The van der Waals surface area contributed by atoms with Crippen molar-refractivity contribution in [1.29, 1.82) is 0 Å². The quantitative estimate of drug-likeness (QED) is 0.557. The first kappa shape index (κ1) is 16.3. The van der Waals surface area contributed by atoms with Crippen molar-refractivity contribution in [2.45, 2.75) is 64.8 Å². The van der Waals surface area contributed by atoms with Gasteiger partial charge in [0.05, 0.1) is 0 Å². The van der Waals surface area contributed by atoms with Crippen LogP contribution in [0.15, 0.2) is 15.8 Å². The van der Waals surface area contributed by atoms with E-state index in [-0.39, 0.29) is 11.3 Å². The molecule has 1 heterocycles. The number of aryl methyl sites for hydroxylation is 1. The molecule has 1 rings (SSSR count). The van der Waals surface area contributed by atoms with Crippen molar-refractivity contribution in [3.05, 3.63) is 32.6 Å². The summed E-state index contributed by atoms with van der Waals surface area (Å²) in [6.45, 7) is 2.83. The Labute approximate surface area is 120 Å². The molecule has 4 heteroatoms. The Morgan fingerprint density at radius 2 is 1.70 bits per heavy atom. The summed E-state index contributed by atoms with van der Waals surface area (Å²) in [7, 11) is 0. The average molecular weight is 276 g/mol. The van der Waals surface area contributed by atoms with Gasteiger partial charge >= 0.3 is 5.69 Å². The zero-order valence-electron chi connectivity index (χ0n) is 12.3. The van der Waals surface area contributed by atoms with E-state index >= 15 is 0 Å². The number of hydrogen-bond acceptors (Lipinski definition) is 2. The average Bonchev–Trinajstić information content (AvgIpc) is 2.43. The molecule has 4 nitrogen and oxygen atoms in total. The van der Waals surface area contributed by atoms with Crippen molar-refractivity contribution in [1.82, 2.24) is 9.55 Å². The molecule has 0 aliphatic carbocycles. The third kappa shape index (κ3) is 5.48. The lowest BCUT2D eigenvalue weighted by Crippen LogP contribution is -2.31. The van der Waals surface area contributed by atoms with Gasteiger partial charge in [0.2, 0.25) is 0 Å². The summed E-state index contributed by atoms with van der Waals surface area (Å²) in [6, 6.07) is 0. The second-order valence-electron chi connectivity index (χ2n) is 5.11. The molecule has 0 unspecified atom stereocenters. The molecule has 0 aliphatic heterocycles. The Morgan fingerprint density at radius 3 is 2.30 bits per heavy atom. The van der Waals surface area contributed by atoms with Gasteiger partial charge in [-0.3, -0.25) is 14.3 Å². The summed E-state index contributed by atoms with van der Waals surface area (Å²) >= 11 is 0. The van der Waals surface area contributed by atoms with Gasteiger partial charge in [0.1, 0.15) is 5.56 Å². The van der Waals surface area contributed by atoms with Crippen LogP contribution >= 0.6 is 0 Å². The fourth-order valence-electron chi connectivity index (χ4n) is 2.19. The lowest BCUT2D eigenvalue weighted by atomic mass is 10.1. The molecule has 0 atom stereocenters. The van der Waals surface area contributed by atoms with E-state index < -0.39 is 5.56 Å². The Balaban J connectivity index is 2.31. The summed E-state index contributed by atoms with van der Waals surface area (Å²) in [5.41, 5.74) is -0.647. The van der Waals surface area contributed by atoms with E-state index in [9.17, 15) is 9.59 Å². The second-order valence-corrected chi connectivity index (χ2v) is 5.11. The largest absolute Gasteiger partial charge is 0.328 e. The molecule has 0 radical (unpaired) electrons. The standard InChI is InChI=1S/C16H24N2O2/c1-3-5-6-7-8-9-10-11-12-18-13-14(4-2)15(19)17-16(18)20/h2,13H,3,5-12H2,1H3,(H,17,19,20). The number of rotatable bonds is 9. The molecule has 0 amide bonds. The third-order valence-electron chi connectivity index (χ3n) is 3.42. The SMILES string of the molecule is C#Cc1cn(CCCCCCCCCC)c(=O)[nH]c1=O. The molecule has 0 fully saturated rings. The van der Waals surface area contributed by atoms with Gasteiger partial charge in [-0.15, -0.1) is 6.42 Å². The second kappa shape index (κ2) is 9.19. The van der Waals surface area contributed by atoms with Gasteiger partial charge in [-0.25, -0.2) is 4.79 Å². The van der Waals surface area contributed by atoms with Crippen LogP contribution < -0.4 is 11.2 Å². The minimum atomic E-state index is -0.482. The molecule has 0 aromatic carbocycles. The highest BCUT2D eigenvalue weighted by Crippen LogP contribution is 2.08. The van der Waals surface area contributed by atoms with Crippen LogP contribution in [0.3, 0.4) is 0 Å². The maximum absolute atomic E-state index is 11.6. The first-order valence-corrected chi connectivity index (χ1v) is 7.49. The first-order chi connectivity index (χ1) is 9.69. The Bertz CT molecular complexity index is 549. The van der Waals surface area contributed by atoms with E-state index in [4.69, 9.17) is 6.42 Å². The zero-order chi connectivity index (χ0) is 14.8. The molecule has 20 heavy (non-hydrogen) atoms. The fourth-order valence-corrected chi connectivity index (χ4v) is 2.19. The van der Waals surface area contributed by atoms with Gasteiger partial charge in [0, 0.05) is 12.7 Å². The Morgan fingerprint density at radius 1 is 1.10 bits per heavy atom. The van der Waals surface area contributed by atoms with E-state index in [1.807, 2.05) is 0 Å². The minimum absolute atomic E-state index is 0.212. The summed E-state index contributed by atoms with van der Waals surface area (Å²) in [4.78, 5) is 25.1. The highest BCUT2D eigenvalue weighted by atomic mass is 16.2. The minimum Gasteiger partial charge on any atom is -0.299 e. The van der Waals surface area contributed by atoms with Crippen LogP contribution in [0.25, 0.3) is 0 Å². The number of aromatic nitrogens is 2. The molecule has 1 aromatic rings. The molecule has 0 spiro atoms. The highest BCUT2D eigenvalue weighted by Gasteiger charge is 2.02. The first-order valence-electron chi connectivity index (χ1n) is 7.49. The van der Waals surface area contributed by atoms with Crippen LogP contribution in [-0.4, -0.2) is 9.55 Å². The number of unbranched alkanes of at least 4 members (excludes halogenated alkanes) is 7. The molecular weight excluding hydrogens is 252 g/mol. The van der Waals surface area contributed by atoms with E-state index in [1.54, 1.807) is 0 Å². The van der Waals surface area contributed by atoms with E-state index in [0.717, 1.165) is 12.8 Å². The molecule has 0 bridgehead atoms. The molecule has 1 aromatic heterocycles. The topological polar surface area (TPSA) is 54.9 Å². The van der Waals surface area contributed by atoms with Crippen molar-refractivity contribution < 1.29 is 0 Å². The smallest absolute Gasteiger partial charge is 0.299 e. The number of hydrogen-bond donors (Lipinski definition) is 1. The van der Waals surface area contributed by atoms with Crippen LogP contribution in [0.5, 0.6) is 0 Å². The monoisotopic (exact) mass is 276 g/mol. The van der Waals surface area contributed by atoms with Gasteiger partial charge in [-0.05, 0) is 6.42 Å². The number of H-pyrrole nitrogens is 1. The normalized spacial score (nSPS) is 10.4. The van der Waals surface area contributed by atoms with Gasteiger partial charge in [-0.1, -0.05) is 57.8 Å². The van der Waals surface area contributed by atoms with Crippen LogP contribution in [-0.2, 0) is 6.54 Å². The van der Waals surface area contributed by atoms with E-state index in [1.165, 1.54) is 49.3 Å². The molecule has 1 N–H and O–H groups in total. The van der Waals surface area contributed by atoms with E-state index in [2.05, 4.69) is 17.8 Å². The predicted molar refractivity (Wildman–Crippen MR) is 81.9 cm³/mol. The van der Waals surface area contributed by atoms with Crippen LogP contribution in [0.2, 0.25) is 0 Å². The summed E-state index contributed by atoms with van der Waals surface area (Å²) in [5, 5.41) is 0. The summed E-state index contributed by atoms with van der Waals surface area (Å²) in [6.07, 6.45) is 16.4. The van der Waals surface area contributed by atoms with Crippen LogP contribution in [0.1, 0.15) is 63.9 Å². The van der Waals surface area contributed by atoms with E-state index in [0.29, 0.717) is 6.54 Å². The molecule has 0 saturated heterocycles. The van der Waals surface area contributed by atoms with Gasteiger partial charge < -0.3 is 0 Å². The summed E-state index contributed by atoms with van der Waals surface area (Å²) in [5.74, 6) is 2.29. The molecular formula is C16H24N2O2. The van der Waals surface area contributed by atoms with Crippen molar-refractivity contribution in [3.63, 3.8) is 0 Å². The van der Waals surface area contributed by atoms with Crippen molar-refractivity contribution in [3.8, 4) is 12.3 Å². The maximum Gasteiger partial charge on any atom is 0.328 e. The zero-order valence-corrected chi connectivity index (χ0v) is 12.3. The third-order valence-corrected chi connectivity index (χ3v) is 3.42. The number of nitrogens with zero attached hydrogens (tertiary/aromatic N) is 1. The van der Waals surface area contributed by atoms with Crippen molar-refractivity contribution >= 4 is 0 Å². The summed E-state index contributed by atoms with van der Waals surface area (Å²) < 4.78 is 1.49. The van der Waals surface area contributed by atoms with Gasteiger partial charge in [0.15, 0.2) is 0 Å². The maximum atomic E-state index is 11.6. The van der Waals surface area contributed by atoms with Gasteiger partial charge in [0.25, 0.3) is 5.56 Å². The Hall–Kier alpha value is -1.76. The lowest BCUT2D eigenvalue weighted by molar-refractivity contribution is 0.532. The lowest BCUT2D eigenvalue weighted by Gasteiger charge is -2.05. The molecule has 110 valence electrons. The van der Waals surface area contributed by atoms with Crippen molar-refractivity contribution in [2.75, 3.05) is 0 Å². The number of aromatic amines is 1. The van der Waals surface area contributed by atoms with Gasteiger partial charge in [-0.2, -0.15) is 0 Å². The Kier molecular flexibility index (Phi) is 7.49. The predicted octanol–water partition coefficient (Wildman–Crippen LogP) is 2.66.